The summed E-state index contributed by atoms with van der Waals surface area (Å²) in [7, 11) is 0. The molecule has 6 nitrogen and oxygen atoms in total. The smallest absolute Gasteiger partial charge is 0.253 e. The van der Waals surface area contributed by atoms with Crippen LogP contribution in [0.1, 0.15) is 99.8 Å². The second-order valence-electron chi connectivity index (χ2n) is 15.6. The molecule has 4 atom stereocenters. The third-order valence-electron chi connectivity index (χ3n) is 10.6. The highest BCUT2D eigenvalue weighted by atomic mass is 35.5. The lowest BCUT2D eigenvalue weighted by molar-refractivity contribution is -0.126. The first-order valence-electron chi connectivity index (χ1n) is 16.7. The maximum atomic E-state index is 14.0. The number of aromatic hydroxyl groups is 1. The summed E-state index contributed by atoms with van der Waals surface area (Å²) < 4.78 is 0. The molecule has 0 saturated carbocycles. The van der Waals surface area contributed by atoms with Gasteiger partial charge in [-0.05, 0) is 78.5 Å². The molecule has 3 N–H and O–H groups in total. The van der Waals surface area contributed by atoms with Gasteiger partial charge in [-0.1, -0.05) is 101 Å². The molecule has 0 aliphatic carbocycles. The van der Waals surface area contributed by atoms with Gasteiger partial charge in [0.25, 0.3) is 5.91 Å². The van der Waals surface area contributed by atoms with Gasteiger partial charge in [-0.25, -0.2) is 0 Å². The summed E-state index contributed by atoms with van der Waals surface area (Å²) in [6.45, 7) is 17.2. The van der Waals surface area contributed by atoms with Gasteiger partial charge in [0, 0.05) is 48.3 Å². The van der Waals surface area contributed by atoms with Crippen LogP contribution in [0.25, 0.3) is 0 Å². The average Bonchev–Trinajstić information content (AvgIpc) is 3.51. The summed E-state index contributed by atoms with van der Waals surface area (Å²) in [6.07, 6.45) is 1.45. The zero-order valence-corrected chi connectivity index (χ0v) is 30.3. The number of hydrogen-bond acceptors (Lipinski definition) is 4. The van der Waals surface area contributed by atoms with E-state index in [4.69, 9.17) is 28.9 Å². The van der Waals surface area contributed by atoms with Crippen molar-refractivity contribution in [2.45, 2.75) is 89.5 Å². The number of halogens is 2. The van der Waals surface area contributed by atoms with Gasteiger partial charge in [-0.15, -0.1) is 0 Å². The second kappa shape index (κ2) is 13.1. The van der Waals surface area contributed by atoms with Crippen LogP contribution in [-0.4, -0.2) is 58.9 Å². The fourth-order valence-corrected chi connectivity index (χ4v) is 8.04. The van der Waals surface area contributed by atoms with Crippen LogP contribution >= 0.6 is 23.2 Å². The monoisotopic (exact) mass is 677 g/mol. The molecule has 5 rings (SSSR count). The zero-order valence-electron chi connectivity index (χ0n) is 28.7. The van der Waals surface area contributed by atoms with Crippen molar-refractivity contribution in [2.75, 3.05) is 26.2 Å². The van der Waals surface area contributed by atoms with E-state index in [1.54, 1.807) is 6.07 Å². The highest BCUT2D eigenvalue weighted by Crippen LogP contribution is 2.47. The molecule has 8 heteroatoms. The molecule has 2 saturated heterocycles. The van der Waals surface area contributed by atoms with Gasteiger partial charge in [-0.2, -0.15) is 0 Å². The van der Waals surface area contributed by atoms with Crippen LogP contribution in [0.15, 0.2) is 60.7 Å². The molecular weight excluding hydrogens is 629 g/mol. The van der Waals surface area contributed by atoms with Gasteiger partial charge < -0.3 is 15.7 Å². The Morgan fingerprint density at radius 1 is 0.894 bits per heavy atom. The maximum absolute atomic E-state index is 14.0. The number of phenols is 1. The van der Waals surface area contributed by atoms with Gasteiger partial charge in [0.05, 0.1) is 15.5 Å². The number of hydrogen-bond donors (Lipinski definition) is 2. The Morgan fingerprint density at radius 3 is 2.06 bits per heavy atom. The normalized spacial score (nSPS) is 23.1. The molecule has 2 aliphatic rings. The number of amides is 2. The summed E-state index contributed by atoms with van der Waals surface area (Å²) in [5.41, 5.74) is 8.79. The number of likely N-dealkylation sites (tertiary alicyclic amines) is 2. The Morgan fingerprint density at radius 2 is 1.51 bits per heavy atom. The van der Waals surface area contributed by atoms with Crippen LogP contribution in [0.2, 0.25) is 10.0 Å². The summed E-state index contributed by atoms with van der Waals surface area (Å²) in [5, 5.41) is 12.1. The minimum absolute atomic E-state index is 0.000139. The molecule has 2 fully saturated rings. The molecule has 0 radical (unpaired) electrons. The van der Waals surface area contributed by atoms with Crippen LogP contribution in [0, 0.1) is 5.92 Å². The molecule has 3 aromatic rings. The lowest BCUT2D eigenvalue weighted by Gasteiger charge is -2.49. The molecule has 0 spiro atoms. The SMILES string of the molecule is CC(C1CCN(C(=O)c2cc(C(C)(C)C)c(O)c(C(C)(C)C)c2)C1)N1CCC(C(N)=O)(c2ccccc2)C(c2ccc(Cl)c(Cl)c2)C1. The van der Waals surface area contributed by atoms with Crippen molar-refractivity contribution in [3.8, 4) is 5.75 Å². The Balaban J connectivity index is 1.41. The lowest BCUT2D eigenvalue weighted by atomic mass is 9.62. The maximum Gasteiger partial charge on any atom is 0.253 e. The van der Waals surface area contributed by atoms with Crippen molar-refractivity contribution in [3.63, 3.8) is 0 Å². The van der Waals surface area contributed by atoms with Crippen molar-refractivity contribution >= 4 is 35.0 Å². The molecular formula is C39H49Cl2N3O3. The van der Waals surface area contributed by atoms with Crippen molar-refractivity contribution in [1.29, 1.82) is 0 Å². The van der Waals surface area contributed by atoms with Crippen LogP contribution in [0.4, 0.5) is 0 Å². The number of nitrogens with zero attached hydrogens (tertiary/aromatic N) is 2. The Labute approximate surface area is 290 Å². The molecule has 2 aliphatic heterocycles. The van der Waals surface area contributed by atoms with Gasteiger partial charge >= 0.3 is 0 Å². The predicted molar refractivity (Wildman–Crippen MR) is 192 cm³/mol. The van der Waals surface area contributed by atoms with Gasteiger partial charge in [0.1, 0.15) is 5.75 Å². The second-order valence-corrected chi connectivity index (χ2v) is 16.4. The van der Waals surface area contributed by atoms with Crippen molar-refractivity contribution < 1.29 is 14.7 Å². The number of carbonyl (C=O) groups is 2. The van der Waals surface area contributed by atoms with E-state index in [-0.39, 0.29) is 46.3 Å². The van der Waals surface area contributed by atoms with Crippen LogP contribution in [0.5, 0.6) is 5.75 Å². The quantitative estimate of drug-likeness (QED) is 0.276. The van der Waals surface area contributed by atoms with E-state index in [0.29, 0.717) is 48.2 Å². The van der Waals surface area contributed by atoms with Crippen LogP contribution < -0.4 is 5.73 Å². The highest BCUT2D eigenvalue weighted by molar-refractivity contribution is 6.42. The van der Waals surface area contributed by atoms with Crippen molar-refractivity contribution in [1.82, 2.24) is 9.80 Å². The summed E-state index contributed by atoms with van der Waals surface area (Å²) in [5.74, 6) is -0.0509. The molecule has 47 heavy (non-hydrogen) atoms. The number of phenolic OH excluding ortho intramolecular Hbond substituents is 1. The largest absolute Gasteiger partial charge is 0.507 e. The first-order chi connectivity index (χ1) is 21.9. The van der Waals surface area contributed by atoms with E-state index in [9.17, 15) is 14.7 Å². The van der Waals surface area contributed by atoms with E-state index < -0.39 is 5.41 Å². The number of nitrogens with two attached hydrogens (primary N) is 1. The van der Waals surface area contributed by atoms with E-state index in [2.05, 4.69) is 53.4 Å². The van der Waals surface area contributed by atoms with Crippen LogP contribution in [0.3, 0.4) is 0 Å². The number of primary amides is 1. The summed E-state index contributed by atoms with van der Waals surface area (Å²) >= 11 is 12.8. The van der Waals surface area contributed by atoms with E-state index in [0.717, 1.165) is 28.7 Å². The zero-order chi connectivity index (χ0) is 34.5. The van der Waals surface area contributed by atoms with E-state index >= 15 is 0 Å². The molecule has 3 aromatic carbocycles. The van der Waals surface area contributed by atoms with Gasteiger partial charge in [0.15, 0.2) is 0 Å². The van der Waals surface area contributed by atoms with Crippen molar-refractivity contribution in [2.24, 2.45) is 11.7 Å². The fourth-order valence-electron chi connectivity index (χ4n) is 7.73. The van der Waals surface area contributed by atoms with Gasteiger partial charge in [-0.3, -0.25) is 14.5 Å². The number of piperidine rings is 1. The van der Waals surface area contributed by atoms with E-state index in [1.807, 2.05) is 59.5 Å². The molecule has 0 aromatic heterocycles. The standard InChI is InChI=1S/C39H49Cl2N3O3/c1-24(26-15-17-44(22-26)35(46)27-19-29(37(2,3)4)34(45)30(20-27)38(5,6)7)43-18-16-39(36(42)47,28-11-9-8-10-12-28)31(23-43)25-13-14-32(40)33(41)21-25/h8-14,19-21,24,26,31,45H,15-18,22-23H2,1-7H3,(H2,42,47). The average molecular weight is 679 g/mol. The number of rotatable bonds is 6. The number of carbonyl (C=O) groups excluding carboxylic acids is 2. The molecule has 2 amide bonds. The predicted octanol–water partition coefficient (Wildman–Crippen LogP) is 8.06. The number of benzene rings is 3. The first-order valence-corrected chi connectivity index (χ1v) is 17.4. The molecule has 0 bridgehead atoms. The Hall–Kier alpha value is -3.06. The summed E-state index contributed by atoms with van der Waals surface area (Å²) in [6, 6.07) is 19.4. The fraction of sp³-hybridized carbons (Fsp3) is 0.487. The first kappa shape index (κ1) is 35.3. The molecule has 4 unspecified atom stereocenters. The van der Waals surface area contributed by atoms with Crippen LogP contribution in [-0.2, 0) is 21.0 Å². The van der Waals surface area contributed by atoms with Gasteiger partial charge in [0.2, 0.25) is 5.91 Å². The van der Waals surface area contributed by atoms with E-state index in [1.165, 1.54) is 0 Å². The minimum atomic E-state index is -0.902. The lowest BCUT2D eigenvalue weighted by Crippen LogP contribution is -2.57. The third kappa shape index (κ3) is 6.79. The third-order valence-corrected chi connectivity index (χ3v) is 11.4. The molecule has 2 heterocycles. The van der Waals surface area contributed by atoms with Crippen molar-refractivity contribution in [3.05, 3.63) is 98.5 Å². The molecule has 252 valence electrons. The Bertz CT molecular complexity index is 1610. The summed E-state index contributed by atoms with van der Waals surface area (Å²) in [4.78, 5) is 31.9. The topological polar surface area (TPSA) is 86.9 Å². The minimum Gasteiger partial charge on any atom is -0.507 e. The Kier molecular flexibility index (Phi) is 9.82. The highest BCUT2D eigenvalue weighted by Gasteiger charge is 2.51.